The fraction of sp³-hybridized carbons (Fsp3) is 0.600. The smallest absolute Gasteiger partial charge is 0.125 e. The van der Waals surface area contributed by atoms with Gasteiger partial charge in [-0.25, -0.2) is 0 Å². The summed E-state index contributed by atoms with van der Waals surface area (Å²) in [5, 5.41) is 1.18. The molecule has 2 heterocycles. The lowest BCUT2D eigenvalue weighted by molar-refractivity contribution is 0.351. The van der Waals surface area contributed by atoms with Gasteiger partial charge in [-0.1, -0.05) is 22.9 Å². The number of thioether (sulfide) groups is 2. The van der Waals surface area contributed by atoms with Crippen LogP contribution in [0, 0.1) is 0 Å². The van der Waals surface area contributed by atoms with Gasteiger partial charge in [-0.15, -0.1) is 0 Å². The number of fused-ring (bicyclic) bond motifs is 1. The summed E-state index contributed by atoms with van der Waals surface area (Å²) in [5.41, 5.74) is 5.64. The van der Waals surface area contributed by atoms with Gasteiger partial charge in [-0.2, -0.15) is 23.5 Å². The normalized spacial score (nSPS) is 26.2. The summed E-state index contributed by atoms with van der Waals surface area (Å²) < 4.78 is 6.98. The van der Waals surface area contributed by atoms with E-state index >= 15 is 0 Å². The molecule has 0 saturated carbocycles. The number of halogens is 1. The molecule has 21 heavy (non-hydrogen) atoms. The third-order valence-corrected chi connectivity index (χ3v) is 7.82. The second-order valence-corrected chi connectivity index (χ2v) is 9.23. The van der Waals surface area contributed by atoms with Crippen molar-refractivity contribution in [2.45, 2.75) is 36.3 Å². The zero-order valence-electron chi connectivity index (χ0n) is 12.1. The highest BCUT2D eigenvalue weighted by Crippen LogP contribution is 2.37. The molecule has 3 unspecified atom stereocenters. The molecule has 0 bridgehead atoms. The van der Waals surface area contributed by atoms with Crippen LogP contribution in [0.4, 0.5) is 0 Å². The van der Waals surface area contributed by atoms with Gasteiger partial charge in [0, 0.05) is 38.9 Å². The third kappa shape index (κ3) is 3.55. The SMILES string of the molecule is CC1SCCSC1C(Cc1cc(Br)cc2c1OCC2)NN. The fourth-order valence-electron chi connectivity index (χ4n) is 3.10. The van der Waals surface area contributed by atoms with Gasteiger partial charge in [-0.05, 0) is 29.7 Å². The molecular formula is C15H21BrN2OS2. The highest BCUT2D eigenvalue weighted by Gasteiger charge is 2.31. The molecule has 0 amide bonds. The van der Waals surface area contributed by atoms with Crippen molar-refractivity contribution in [3.63, 3.8) is 0 Å². The second kappa shape index (κ2) is 7.13. The van der Waals surface area contributed by atoms with Crippen molar-refractivity contribution in [3.05, 3.63) is 27.7 Å². The predicted octanol–water partition coefficient (Wildman–Crippen LogP) is 3.00. The monoisotopic (exact) mass is 388 g/mol. The van der Waals surface area contributed by atoms with Crippen LogP contribution < -0.4 is 16.0 Å². The zero-order chi connectivity index (χ0) is 14.8. The van der Waals surface area contributed by atoms with Gasteiger partial charge in [0.25, 0.3) is 0 Å². The van der Waals surface area contributed by atoms with Crippen LogP contribution >= 0.6 is 39.5 Å². The largest absolute Gasteiger partial charge is 0.493 e. The van der Waals surface area contributed by atoms with Crippen LogP contribution in [-0.2, 0) is 12.8 Å². The van der Waals surface area contributed by atoms with E-state index in [0.29, 0.717) is 10.5 Å². The molecule has 116 valence electrons. The topological polar surface area (TPSA) is 47.3 Å². The summed E-state index contributed by atoms with van der Waals surface area (Å²) in [5.74, 6) is 9.41. The van der Waals surface area contributed by atoms with E-state index in [1.165, 1.54) is 22.6 Å². The van der Waals surface area contributed by atoms with Crippen molar-refractivity contribution in [3.8, 4) is 5.75 Å². The lowest BCUT2D eigenvalue weighted by Crippen LogP contribution is -2.48. The molecule has 6 heteroatoms. The molecule has 0 aliphatic carbocycles. The average molecular weight is 389 g/mol. The molecule has 0 radical (unpaired) electrons. The molecule has 3 N–H and O–H groups in total. The van der Waals surface area contributed by atoms with Gasteiger partial charge in [0.1, 0.15) is 5.75 Å². The molecule has 2 aliphatic rings. The fourth-order valence-corrected chi connectivity index (χ4v) is 6.59. The summed E-state index contributed by atoms with van der Waals surface area (Å²) in [7, 11) is 0. The number of hydrazine groups is 1. The van der Waals surface area contributed by atoms with Crippen molar-refractivity contribution >= 4 is 39.5 Å². The number of nitrogens with one attached hydrogen (secondary N) is 1. The zero-order valence-corrected chi connectivity index (χ0v) is 15.3. The maximum absolute atomic E-state index is 5.87. The number of nitrogens with two attached hydrogens (primary N) is 1. The van der Waals surface area contributed by atoms with E-state index < -0.39 is 0 Å². The van der Waals surface area contributed by atoms with E-state index in [4.69, 9.17) is 10.6 Å². The molecule has 3 nitrogen and oxygen atoms in total. The van der Waals surface area contributed by atoms with E-state index in [9.17, 15) is 0 Å². The number of hydrogen-bond acceptors (Lipinski definition) is 5. The molecule has 0 aromatic heterocycles. The van der Waals surface area contributed by atoms with Crippen LogP contribution in [-0.4, -0.2) is 34.7 Å². The summed E-state index contributed by atoms with van der Waals surface area (Å²) in [4.78, 5) is 0. The molecule has 1 aromatic carbocycles. The first-order valence-corrected chi connectivity index (χ1v) is 10.2. The van der Waals surface area contributed by atoms with Gasteiger partial charge < -0.3 is 4.74 Å². The summed E-state index contributed by atoms with van der Waals surface area (Å²) in [6.07, 6.45) is 1.92. The van der Waals surface area contributed by atoms with E-state index in [1.54, 1.807) is 0 Å². The minimum Gasteiger partial charge on any atom is -0.493 e. The Balaban J connectivity index is 1.81. The Labute approximate surface area is 143 Å². The number of benzene rings is 1. The first kappa shape index (κ1) is 16.0. The lowest BCUT2D eigenvalue weighted by atomic mass is 9.99. The molecule has 2 aliphatic heterocycles. The van der Waals surface area contributed by atoms with Crippen LogP contribution in [0.3, 0.4) is 0 Å². The molecule has 1 aromatic rings. The minimum absolute atomic E-state index is 0.278. The molecular weight excluding hydrogens is 368 g/mol. The van der Waals surface area contributed by atoms with Crippen LogP contribution in [0.5, 0.6) is 5.75 Å². The molecule has 0 spiro atoms. The Morgan fingerprint density at radius 1 is 1.43 bits per heavy atom. The summed E-state index contributed by atoms with van der Waals surface area (Å²) >= 11 is 7.72. The standard InChI is InChI=1S/C15H21BrN2OS2/c1-9-15(21-5-4-20-9)13(18-17)8-11-7-12(16)6-10-2-3-19-14(10)11/h6-7,9,13,15,18H,2-5,8,17H2,1H3. The summed E-state index contributed by atoms with van der Waals surface area (Å²) in [6.45, 7) is 3.11. The number of ether oxygens (including phenoxy) is 1. The van der Waals surface area contributed by atoms with E-state index in [-0.39, 0.29) is 6.04 Å². The van der Waals surface area contributed by atoms with Crippen molar-refractivity contribution in [1.82, 2.24) is 5.43 Å². The van der Waals surface area contributed by atoms with Crippen molar-refractivity contribution in [2.75, 3.05) is 18.1 Å². The maximum atomic E-state index is 5.87. The van der Waals surface area contributed by atoms with E-state index in [1.807, 2.05) is 11.8 Å². The Morgan fingerprint density at radius 3 is 3.00 bits per heavy atom. The van der Waals surface area contributed by atoms with Crippen molar-refractivity contribution in [2.24, 2.45) is 5.84 Å². The van der Waals surface area contributed by atoms with E-state index in [0.717, 1.165) is 29.7 Å². The highest BCUT2D eigenvalue weighted by molar-refractivity contribution is 9.10. The number of hydrogen-bond donors (Lipinski definition) is 2. The molecule has 1 fully saturated rings. The quantitative estimate of drug-likeness (QED) is 0.613. The first-order valence-electron chi connectivity index (χ1n) is 7.32. The van der Waals surface area contributed by atoms with Crippen molar-refractivity contribution in [1.29, 1.82) is 0 Å². The highest BCUT2D eigenvalue weighted by atomic mass is 79.9. The predicted molar refractivity (Wildman–Crippen MR) is 96.3 cm³/mol. The Morgan fingerprint density at radius 2 is 2.24 bits per heavy atom. The summed E-state index contributed by atoms with van der Waals surface area (Å²) in [6, 6.07) is 4.63. The third-order valence-electron chi connectivity index (χ3n) is 4.11. The van der Waals surface area contributed by atoms with Crippen LogP contribution in [0.25, 0.3) is 0 Å². The molecule has 3 rings (SSSR count). The van der Waals surface area contributed by atoms with Crippen LogP contribution in [0.2, 0.25) is 0 Å². The average Bonchev–Trinajstić information content (AvgIpc) is 2.93. The van der Waals surface area contributed by atoms with Crippen LogP contribution in [0.15, 0.2) is 16.6 Å². The minimum atomic E-state index is 0.278. The lowest BCUT2D eigenvalue weighted by Gasteiger charge is -2.34. The Bertz CT molecular complexity index is 515. The maximum Gasteiger partial charge on any atom is 0.125 e. The number of rotatable bonds is 4. The second-order valence-electron chi connectivity index (χ2n) is 5.54. The van der Waals surface area contributed by atoms with Crippen molar-refractivity contribution < 1.29 is 4.74 Å². The Hall–Kier alpha value is 0.120. The first-order chi connectivity index (χ1) is 10.2. The molecule has 1 saturated heterocycles. The van der Waals surface area contributed by atoms with Crippen LogP contribution in [0.1, 0.15) is 18.1 Å². The van der Waals surface area contributed by atoms with E-state index in [2.05, 4.69) is 52.2 Å². The molecule has 3 atom stereocenters. The van der Waals surface area contributed by atoms with Gasteiger partial charge in [-0.3, -0.25) is 11.3 Å². The van der Waals surface area contributed by atoms with Gasteiger partial charge in [0.15, 0.2) is 0 Å². The Kier molecular flexibility index (Phi) is 5.43. The van der Waals surface area contributed by atoms with Gasteiger partial charge >= 0.3 is 0 Å². The van der Waals surface area contributed by atoms with Gasteiger partial charge in [0.2, 0.25) is 0 Å². The van der Waals surface area contributed by atoms with Gasteiger partial charge in [0.05, 0.1) is 6.61 Å².